The van der Waals surface area contributed by atoms with Gasteiger partial charge in [0, 0.05) is 17.5 Å². The molecule has 0 unspecified atom stereocenters. The summed E-state index contributed by atoms with van der Waals surface area (Å²) >= 11 is 1.76. The highest BCUT2D eigenvalue weighted by Crippen LogP contribution is 2.26. The second-order valence-electron chi connectivity index (χ2n) is 4.61. The molecule has 2 heterocycles. The third-order valence-corrected chi connectivity index (χ3v) is 4.11. The zero-order valence-electron chi connectivity index (χ0n) is 11.7. The Hall–Kier alpha value is -2.33. The molecular formula is C17H16N2OS. The molecule has 3 nitrogen and oxygen atoms in total. The van der Waals surface area contributed by atoms with Crippen LogP contribution in [0, 0.1) is 0 Å². The molecule has 0 saturated carbocycles. The quantitative estimate of drug-likeness (QED) is 0.756. The van der Waals surface area contributed by atoms with Crippen LogP contribution in [0.25, 0.3) is 11.1 Å². The molecule has 0 atom stereocenters. The topological polar surface area (TPSA) is 34.1 Å². The van der Waals surface area contributed by atoms with Gasteiger partial charge in [-0.25, -0.2) is 4.98 Å². The number of pyridine rings is 1. The summed E-state index contributed by atoms with van der Waals surface area (Å²) in [6, 6.07) is 16.5. The van der Waals surface area contributed by atoms with E-state index in [1.165, 1.54) is 16.0 Å². The van der Waals surface area contributed by atoms with E-state index in [1.807, 2.05) is 18.2 Å². The van der Waals surface area contributed by atoms with Crippen LogP contribution in [0.3, 0.4) is 0 Å². The summed E-state index contributed by atoms with van der Waals surface area (Å²) in [5.74, 6) is 0.628. The molecule has 4 heteroatoms. The molecule has 21 heavy (non-hydrogen) atoms. The lowest BCUT2D eigenvalue weighted by atomic mass is 10.1. The van der Waals surface area contributed by atoms with Gasteiger partial charge in [-0.1, -0.05) is 30.3 Å². The number of ether oxygens (including phenoxy) is 1. The number of thiophene rings is 1. The third kappa shape index (κ3) is 3.41. The van der Waals surface area contributed by atoms with Gasteiger partial charge in [0.15, 0.2) is 0 Å². The fourth-order valence-corrected chi connectivity index (χ4v) is 2.88. The SMILES string of the molecule is COc1ccc(NCc2cc(-c3ccccc3)cs2)cn1. The molecule has 1 N–H and O–H groups in total. The second kappa shape index (κ2) is 6.41. The molecule has 0 amide bonds. The van der Waals surface area contributed by atoms with Crippen LogP contribution >= 0.6 is 11.3 Å². The number of aromatic nitrogens is 1. The van der Waals surface area contributed by atoms with Crippen molar-refractivity contribution in [3.8, 4) is 17.0 Å². The van der Waals surface area contributed by atoms with Crippen LogP contribution in [0.5, 0.6) is 5.88 Å². The maximum atomic E-state index is 5.05. The van der Waals surface area contributed by atoms with Gasteiger partial charge in [-0.2, -0.15) is 0 Å². The van der Waals surface area contributed by atoms with Crippen LogP contribution in [-0.2, 0) is 6.54 Å². The van der Waals surface area contributed by atoms with Crippen molar-refractivity contribution in [1.82, 2.24) is 4.98 Å². The highest BCUT2D eigenvalue weighted by atomic mass is 32.1. The molecule has 0 fully saturated rings. The molecular weight excluding hydrogens is 280 g/mol. The number of nitrogens with zero attached hydrogens (tertiary/aromatic N) is 1. The lowest BCUT2D eigenvalue weighted by molar-refractivity contribution is 0.398. The number of nitrogens with one attached hydrogen (secondary N) is 1. The number of hydrogen-bond donors (Lipinski definition) is 1. The minimum Gasteiger partial charge on any atom is -0.481 e. The molecule has 0 aliphatic rings. The van der Waals surface area contributed by atoms with Crippen molar-refractivity contribution < 1.29 is 4.74 Å². The number of benzene rings is 1. The summed E-state index contributed by atoms with van der Waals surface area (Å²) in [7, 11) is 1.62. The highest BCUT2D eigenvalue weighted by Gasteiger charge is 2.02. The van der Waals surface area contributed by atoms with Gasteiger partial charge in [0.05, 0.1) is 19.0 Å². The molecule has 3 rings (SSSR count). The van der Waals surface area contributed by atoms with Crippen molar-refractivity contribution in [3.63, 3.8) is 0 Å². The first-order valence-corrected chi connectivity index (χ1v) is 7.60. The van der Waals surface area contributed by atoms with Gasteiger partial charge in [-0.05, 0) is 28.6 Å². The minimum absolute atomic E-state index is 0.628. The van der Waals surface area contributed by atoms with Gasteiger partial charge in [0.2, 0.25) is 5.88 Å². The Morgan fingerprint density at radius 1 is 1.10 bits per heavy atom. The van der Waals surface area contributed by atoms with E-state index in [0.29, 0.717) is 5.88 Å². The van der Waals surface area contributed by atoms with Crippen molar-refractivity contribution >= 4 is 17.0 Å². The highest BCUT2D eigenvalue weighted by molar-refractivity contribution is 7.10. The Morgan fingerprint density at radius 2 is 1.95 bits per heavy atom. The largest absolute Gasteiger partial charge is 0.481 e. The van der Waals surface area contributed by atoms with Gasteiger partial charge >= 0.3 is 0 Å². The molecule has 2 aromatic heterocycles. The minimum atomic E-state index is 0.628. The first kappa shape index (κ1) is 13.6. The fraction of sp³-hybridized carbons (Fsp3) is 0.118. The summed E-state index contributed by atoms with van der Waals surface area (Å²) < 4.78 is 5.05. The number of rotatable bonds is 5. The lowest BCUT2D eigenvalue weighted by Gasteiger charge is -2.05. The van der Waals surface area contributed by atoms with E-state index in [2.05, 4.69) is 46.0 Å². The van der Waals surface area contributed by atoms with Gasteiger partial charge < -0.3 is 10.1 Å². The Bertz CT molecular complexity index is 692. The van der Waals surface area contributed by atoms with E-state index in [9.17, 15) is 0 Å². The smallest absolute Gasteiger partial charge is 0.213 e. The van der Waals surface area contributed by atoms with E-state index >= 15 is 0 Å². The Kier molecular flexibility index (Phi) is 4.17. The van der Waals surface area contributed by atoms with Crippen LogP contribution in [0.1, 0.15) is 4.88 Å². The summed E-state index contributed by atoms with van der Waals surface area (Å²) in [5.41, 5.74) is 3.52. The maximum Gasteiger partial charge on any atom is 0.213 e. The van der Waals surface area contributed by atoms with Crippen molar-refractivity contribution in [3.05, 3.63) is 65.0 Å². The van der Waals surface area contributed by atoms with Gasteiger partial charge in [-0.15, -0.1) is 11.3 Å². The Labute approximate surface area is 128 Å². The average Bonchev–Trinajstić information content (AvgIpc) is 3.03. The van der Waals surface area contributed by atoms with Crippen molar-refractivity contribution in [2.45, 2.75) is 6.54 Å². The molecule has 0 spiro atoms. The molecule has 0 radical (unpaired) electrons. The van der Waals surface area contributed by atoms with E-state index in [-0.39, 0.29) is 0 Å². The summed E-state index contributed by atoms with van der Waals surface area (Å²) in [6.45, 7) is 0.797. The lowest BCUT2D eigenvalue weighted by Crippen LogP contribution is -1.98. The average molecular weight is 296 g/mol. The van der Waals surface area contributed by atoms with Crippen LogP contribution in [-0.4, -0.2) is 12.1 Å². The second-order valence-corrected chi connectivity index (χ2v) is 5.61. The Balaban J connectivity index is 1.64. The summed E-state index contributed by atoms with van der Waals surface area (Å²) in [4.78, 5) is 5.48. The van der Waals surface area contributed by atoms with Crippen LogP contribution in [0.15, 0.2) is 60.1 Å². The first-order valence-electron chi connectivity index (χ1n) is 6.72. The predicted molar refractivity (Wildman–Crippen MR) is 87.9 cm³/mol. The number of methoxy groups -OCH3 is 1. The maximum absolute atomic E-state index is 5.05. The summed E-state index contributed by atoms with van der Waals surface area (Å²) in [6.07, 6.45) is 1.78. The predicted octanol–water partition coefficient (Wildman–Crippen LogP) is 4.43. The summed E-state index contributed by atoms with van der Waals surface area (Å²) in [5, 5.41) is 5.56. The molecule has 0 saturated heterocycles. The normalized spacial score (nSPS) is 10.3. The van der Waals surface area contributed by atoms with Crippen molar-refractivity contribution in [2.75, 3.05) is 12.4 Å². The molecule has 106 valence electrons. The standard InChI is InChI=1S/C17H16N2OS/c1-20-17-8-7-15(10-19-17)18-11-16-9-14(12-21-16)13-5-3-2-4-6-13/h2-10,12,18H,11H2,1H3. The van der Waals surface area contributed by atoms with Crippen molar-refractivity contribution in [1.29, 1.82) is 0 Å². The van der Waals surface area contributed by atoms with E-state index in [4.69, 9.17) is 4.74 Å². The molecule has 0 aliphatic carbocycles. The molecule has 1 aromatic carbocycles. The van der Waals surface area contributed by atoms with Gasteiger partial charge in [0.25, 0.3) is 0 Å². The monoisotopic (exact) mass is 296 g/mol. The Morgan fingerprint density at radius 3 is 2.67 bits per heavy atom. The zero-order valence-corrected chi connectivity index (χ0v) is 12.6. The third-order valence-electron chi connectivity index (χ3n) is 3.17. The van der Waals surface area contributed by atoms with Gasteiger partial charge in [0.1, 0.15) is 0 Å². The van der Waals surface area contributed by atoms with Crippen LogP contribution in [0.2, 0.25) is 0 Å². The van der Waals surface area contributed by atoms with E-state index in [1.54, 1.807) is 24.6 Å². The number of hydrogen-bond acceptors (Lipinski definition) is 4. The van der Waals surface area contributed by atoms with E-state index in [0.717, 1.165) is 12.2 Å². The number of anilines is 1. The van der Waals surface area contributed by atoms with Crippen LogP contribution < -0.4 is 10.1 Å². The molecule has 0 bridgehead atoms. The van der Waals surface area contributed by atoms with Crippen molar-refractivity contribution in [2.24, 2.45) is 0 Å². The molecule has 0 aliphatic heterocycles. The first-order chi connectivity index (χ1) is 10.3. The molecule has 3 aromatic rings. The zero-order chi connectivity index (χ0) is 14.5. The fourth-order valence-electron chi connectivity index (χ4n) is 2.05. The van der Waals surface area contributed by atoms with Crippen LogP contribution in [0.4, 0.5) is 5.69 Å². The van der Waals surface area contributed by atoms with E-state index < -0.39 is 0 Å². The van der Waals surface area contributed by atoms with Gasteiger partial charge in [-0.3, -0.25) is 0 Å².